The first-order valence-electron chi connectivity index (χ1n) is 8.45. The third-order valence-electron chi connectivity index (χ3n) is 3.81. The third-order valence-corrected chi connectivity index (χ3v) is 5.93. The average Bonchev–Trinajstić information content (AvgIpc) is 2.70. The van der Waals surface area contributed by atoms with E-state index in [1.54, 1.807) is 18.2 Å². The van der Waals surface area contributed by atoms with Crippen LogP contribution in [-0.4, -0.2) is 14.3 Å². The lowest BCUT2D eigenvalue weighted by Gasteiger charge is -2.11. The minimum absolute atomic E-state index is 0.0318. The zero-order valence-electron chi connectivity index (χ0n) is 15.0. The molecular weight excluding hydrogens is 431 g/mol. The summed E-state index contributed by atoms with van der Waals surface area (Å²) in [6.45, 7) is 0. The fraction of sp³-hybridized carbons (Fsp3) is 0. The van der Waals surface area contributed by atoms with Crippen molar-refractivity contribution in [2.24, 2.45) is 0 Å². The number of rotatable bonds is 6. The van der Waals surface area contributed by atoms with Crippen LogP contribution in [0.2, 0.25) is 10.0 Å². The van der Waals surface area contributed by atoms with Gasteiger partial charge in [-0.15, -0.1) is 0 Å². The predicted molar refractivity (Wildman–Crippen MR) is 118 cm³/mol. The van der Waals surface area contributed by atoms with Crippen LogP contribution in [0.25, 0.3) is 6.08 Å². The van der Waals surface area contributed by atoms with Crippen molar-refractivity contribution in [3.05, 3.63) is 94.5 Å². The fourth-order valence-corrected chi connectivity index (χ4v) is 4.15. The molecule has 5 nitrogen and oxygen atoms in total. The summed E-state index contributed by atoms with van der Waals surface area (Å²) in [7, 11) is -3.96. The zero-order valence-corrected chi connectivity index (χ0v) is 17.3. The Morgan fingerprint density at radius 3 is 2.21 bits per heavy atom. The molecule has 0 fully saturated rings. The minimum Gasteiger partial charge on any atom is -0.322 e. The number of hydrogen-bond acceptors (Lipinski definition) is 3. The first-order chi connectivity index (χ1) is 13.8. The molecule has 0 unspecified atom stereocenters. The maximum absolute atomic E-state index is 12.7. The van der Waals surface area contributed by atoms with E-state index in [9.17, 15) is 13.2 Å². The van der Waals surface area contributed by atoms with Crippen LogP contribution in [-0.2, 0) is 14.8 Å². The van der Waals surface area contributed by atoms with Gasteiger partial charge in [-0.3, -0.25) is 9.52 Å². The number of hydrogen-bond donors (Lipinski definition) is 2. The van der Waals surface area contributed by atoms with Crippen LogP contribution in [0.5, 0.6) is 0 Å². The van der Waals surface area contributed by atoms with Gasteiger partial charge in [-0.25, -0.2) is 8.42 Å². The Morgan fingerprint density at radius 1 is 0.862 bits per heavy atom. The van der Waals surface area contributed by atoms with Crippen molar-refractivity contribution < 1.29 is 13.2 Å². The van der Waals surface area contributed by atoms with Crippen molar-refractivity contribution >= 4 is 56.6 Å². The Kier molecular flexibility index (Phi) is 6.59. The van der Waals surface area contributed by atoms with Gasteiger partial charge in [-0.1, -0.05) is 53.5 Å². The standard InChI is InChI=1S/C21H16Cl2N2O3S/c22-16-7-9-17(10-8-16)25-29(27,28)20-14-18(11-12-19(20)23)24-21(26)13-6-15-4-2-1-3-5-15/h1-14,25H,(H,24,26)/b13-6+. The summed E-state index contributed by atoms with van der Waals surface area (Å²) in [6, 6.07) is 19.8. The number of halogens is 2. The number of benzene rings is 3. The molecule has 8 heteroatoms. The van der Waals surface area contributed by atoms with Crippen LogP contribution in [0.1, 0.15) is 5.56 Å². The highest BCUT2D eigenvalue weighted by atomic mass is 35.5. The summed E-state index contributed by atoms with van der Waals surface area (Å²) < 4.78 is 27.8. The van der Waals surface area contributed by atoms with E-state index in [1.165, 1.54) is 36.4 Å². The number of carbonyl (C=O) groups excluding carboxylic acids is 1. The molecule has 0 aliphatic carbocycles. The molecule has 0 atom stereocenters. The fourth-order valence-electron chi connectivity index (χ4n) is 2.44. The zero-order chi connectivity index (χ0) is 20.9. The van der Waals surface area contributed by atoms with Gasteiger partial charge in [-0.2, -0.15) is 0 Å². The summed E-state index contributed by atoms with van der Waals surface area (Å²) in [5.41, 5.74) is 1.51. The number of nitrogens with one attached hydrogen (secondary N) is 2. The molecule has 3 rings (SSSR count). The van der Waals surface area contributed by atoms with E-state index in [1.807, 2.05) is 30.3 Å². The largest absolute Gasteiger partial charge is 0.322 e. The van der Waals surface area contributed by atoms with Crippen molar-refractivity contribution in [3.63, 3.8) is 0 Å². The third kappa shape index (κ3) is 5.84. The van der Waals surface area contributed by atoms with Gasteiger partial charge in [0.05, 0.1) is 5.02 Å². The van der Waals surface area contributed by atoms with Crippen molar-refractivity contribution in [2.75, 3.05) is 10.0 Å². The maximum Gasteiger partial charge on any atom is 0.263 e. The molecule has 0 aliphatic heterocycles. The van der Waals surface area contributed by atoms with Crippen molar-refractivity contribution in [1.82, 2.24) is 0 Å². The van der Waals surface area contributed by atoms with Crippen LogP contribution in [0, 0.1) is 0 Å². The first-order valence-corrected chi connectivity index (χ1v) is 10.7. The van der Waals surface area contributed by atoms with Crippen molar-refractivity contribution in [1.29, 1.82) is 0 Å². The number of anilines is 2. The summed E-state index contributed by atoms with van der Waals surface area (Å²) >= 11 is 11.9. The SMILES string of the molecule is O=C(/C=C/c1ccccc1)Nc1ccc(Cl)c(S(=O)(=O)Nc2ccc(Cl)cc2)c1. The Morgan fingerprint density at radius 2 is 1.52 bits per heavy atom. The van der Waals surface area contributed by atoms with Gasteiger partial charge in [0.2, 0.25) is 5.91 Å². The number of amides is 1. The summed E-state index contributed by atoms with van der Waals surface area (Å²) in [5, 5.41) is 3.15. The second-order valence-corrected chi connectivity index (χ2v) is 8.49. The highest BCUT2D eigenvalue weighted by Gasteiger charge is 2.19. The lowest BCUT2D eigenvalue weighted by atomic mass is 10.2. The lowest BCUT2D eigenvalue weighted by molar-refractivity contribution is -0.111. The normalized spacial score (nSPS) is 11.4. The Hall–Kier alpha value is -2.80. The van der Waals surface area contributed by atoms with Crippen LogP contribution in [0.15, 0.2) is 83.8 Å². The second-order valence-electron chi connectivity index (χ2n) is 5.99. The molecule has 29 heavy (non-hydrogen) atoms. The quantitative estimate of drug-likeness (QED) is 0.494. The Bertz CT molecular complexity index is 1150. The molecule has 0 heterocycles. The lowest BCUT2D eigenvalue weighted by Crippen LogP contribution is -2.14. The summed E-state index contributed by atoms with van der Waals surface area (Å²) in [6.07, 6.45) is 3.02. The molecular formula is C21H16Cl2N2O3S. The van der Waals surface area contributed by atoms with E-state index in [-0.39, 0.29) is 9.92 Å². The van der Waals surface area contributed by atoms with Gasteiger partial charge in [0.15, 0.2) is 0 Å². The predicted octanol–water partition coefficient (Wildman–Crippen LogP) is 5.45. The maximum atomic E-state index is 12.7. The average molecular weight is 447 g/mol. The van der Waals surface area contributed by atoms with Gasteiger partial charge in [-0.05, 0) is 54.1 Å². The first kappa shape index (κ1) is 20.9. The van der Waals surface area contributed by atoms with E-state index in [0.717, 1.165) is 5.56 Å². The molecule has 3 aromatic carbocycles. The highest BCUT2D eigenvalue weighted by molar-refractivity contribution is 7.92. The Labute approximate surface area is 179 Å². The molecule has 0 saturated carbocycles. The molecule has 2 N–H and O–H groups in total. The van der Waals surface area contributed by atoms with Gasteiger partial charge >= 0.3 is 0 Å². The second kappa shape index (κ2) is 9.13. The van der Waals surface area contributed by atoms with E-state index >= 15 is 0 Å². The van der Waals surface area contributed by atoms with Gasteiger partial charge in [0.25, 0.3) is 10.0 Å². The van der Waals surface area contributed by atoms with E-state index in [2.05, 4.69) is 10.0 Å². The van der Waals surface area contributed by atoms with Crippen molar-refractivity contribution in [2.45, 2.75) is 4.90 Å². The number of sulfonamides is 1. The monoisotopic (exact) mass is 446 g/mol. The molecule has 0 radical (unpaired) electrons. The molecule has 3 aromatic rings. The minimum atomic E-state index is -3.96. The number of carbonyl (C=O) groups is 1. The van der Waals surface area contributed by atoms with Crippen LogP contribution < -0.4 is 10.0 Å². The molecule has 1 amide bonds. The van der Waals surface area contributed by atoms with Gasteiger partial charge < -0.3 is 5.32 Å². The highest BCUT2D eigenvalue weighted by Crippen LogP contribution is 2.27. The molecule has 0 aromatic heterocycles. The topological polar surface area (TPSA) is 75.3 Å². The molecule has 0 bridgehead atoms. The van der Waals surface area contributed by atoms with Gasteiger partial charge in [0, 0.05) is 22.5 Å². The van der Waals surface area contributed by atoms with Crippen molar-refractivity contribution in [3.8, 4) is 0 Å². The van der Waals surface area contributed by atoms with Gasteiger partial charge in [0.1, 0.15) is 4.90 Å². The smallest absolute Gasteiger partial charge is 0.263 e. The van der Waals surface area contributed by atoms with Crippen LogP contribution in [0.4, 0.5) is 11.4 Å². The summed E-state index contributed by atoms with van der Waals surface area (Å²) in [4.78, 5) is 12.0. The Balaban J connectivity index is 1.77. The molecule has 0 saturated heterocycles. The molecule has 0 spiro atoms. The van der Waals surface area contributed by atoms with Crippen LogP contribution in [0.3, 0.4) is 0 Å². The molecule has 148 valence electrons. The molecule has 0 aliphatic rings. The summed E-state index contributed by atoms with van der Waals surface area (Å²) in [5.74, 6) is -0.398. The van der Waals surface area contributed by atoms with E-state index in [0.29, 0.717) is 16.4 Å². The van der Waals surface area contributed by atoms with E-state index < -0.39 is 15.9 Å². The van der Waals surface area contributed by atoms with Crippen LogP contribution >= 0.6 is 23.2 Å². The van der Waals surface area contributed by atoms with E-state index in [4.69, 9.17) is 23.2 Å².